The Morgan fingerprint density at radius 2 is 1.77 bits per heavy atom. The molecule has 2 heterocycles. The minimum atomic E-state index is -0.358. The van der Waals surface area contributed by atoms with E-state index in [0.29, 0.717) is 53.2 Å². The second kappa shape index (κ2) is 23.7. The Balaban J connectivity index is 0.00000220. The highest BCUT2D eigenvalue weighted by atomic mass is 35.5. The van der Waals surface area contributed by atoms with E-state index >= 15 is 0 Å². The van der Waals surface area contributed by atoms with E-state index in [1.54, 1.807) is 17.2 Å². The first-order valence-corrected chi connectivity index (χ1v) is 17.8. The minimum absolute atomic E-state index is 0.0517. The molecule has 1 aliphatic heterocycles. The molecular formula is C38H63ClFN7O. The molecule has 10 heteroatoms. The molecule has 0 spiro atoms. The van der Waals surface area contributed by atoms with Crippen LogP contribution in [0.2, 0.25) is 5.02 Å². The number of nitrogens with one attached hydrogen (secondary N) is 1. The van der Waals surface area contributed by atoms with Gasteiger partial charge in [0.1, 0.15) is 23.8 Å². The molecule has 1 fully saturated rings. The standard InChI is InChI=1S/C29H39ClFN7O.C4H10.C3H8.C2H6/c1-8-10-33-21(6)26(18(3)9-2)27-28(32)34-17-35-29(27)36(7)16-25(39)38-12-11-37(15-20(38)5)24-13-19(4)22(30)14-23(24)31;1-3-4-2;1-3-2;1-2/h8,10,13-14,17,20,33H,6,9,11-12,15-16H2,1-5,7H3,(H2,32,34,35);3-4H2,1-2H3;3H2,1-2H3;1-2H3/b10-8-,26-18+;;;/t20-;;;/m0.../s1. The van der Waals surface area contributed by atoms with Gasteiger partial charge in [0.2, 0.25) is 5.91 Å². The zero-order chi connectivity index (χ0) is 37.0. The van der Waals surface area contributed by atoms with Crippen molar-refractivity contribution in [3.8, 4) is 0 Å². The van der Waals surface area contributed by atoms with Gasteiger partial charge in [-0.15, -0.1) is 0 Å². The number of rotatable bonds is 10. The van der Waals surface area contributed by atoms with Crippen LogP contribution in [-0.4, -0.2) is 60.0 Å². The molecule has 1 atom stereocenters. The lowest BCUT2D eigenvalue weighted by Crippen LogP contribution is -2.56. The molecule has 3 rings (SSSR count). The minimum Gasteiger partial charge on any atom is -0.383 e. The Labute approximate surface area is 296 Å². The average Bonchev–Trinajstić information content (AvgIpc) is 3.07. The van der Waals surface area contributed by atoms with Gasteiger partial charge in [-0.3, -0.25) is 4.79 Å². The van der Waals surface area contributed by atoms with Crippen LogP contribution in [0.5, 0.6) is 0 Å². The molecule has 0 radical (unpaired) electrons. The second-order valence-corrected chi connectivity index (χ2v) is 12.0. The lowest BCUT2D eigenvalue weighted by atomic mass is 9.96. The summed E-state index contributed by atoms with van der Waals surface area (Å²) < 4.78 is 14.6. The highest BCUT2D eigenvalue weighted by Crippen LogP contribution is 2.35. The number of hydrogen-bond acceptors (Lipinski definition) is 7. The summed E-state index contributed by atoms with van der Waals surface area (Å²) in [6, 6.07) is 2.99. The molecular weight excluding hydrogens is 625 g/mol. The van der Waals surface area contributed by atoms with E-state index in [1.807, 2.05) is 64.5 Å². The third-order valence-electron chi connectivity index (χ3n) is 7.54. The number of carbonyl (C=O) groups is 1. The third kappa shape index (κ3) is 13.1. The fourth-order valence-corrected chi connectivity index (χ4v) is 4.92. The highest BCUT2D eigenvalue weighted by Gasteiger charge is 2.30. The van der Waals surface area contributed by atoms with Crippen molar-refractivity contribution in [2.45, 2.75) is 108 Å². The number of piperazine rings is 1. The van der Waals surface area contributed by atoms with Gasteiger partial charge in [-0.25, -0.2) is 14.4 Å². The van der Waals surface area contributed by atoms with Crippen LogP contribution in [0, 0.1) is 12.7 Å². The van der Waals surface area contributed by atoms with E-state index in [4.69, 9.17) is 17.3 Å². The summed E-state index contributed by atoms with van der Waals surface area (Å²) in [6.07, 6.45) is 9.75. The first-order valence-electron chi connectivity index (χ1n) is 17.4. The van der Waals surface area contributed by atoms with Crippen LogP contribution in [0.25, 0.3) is 5.57 Å². The van der Waals surface area contributed by atoms with Gasteiger partial charge in [0, 0.05) is 49.0 Å². The number of likely N-dealkylation sites (N-methyl/N-ethyl adjacent to an activating group) is 1. The molecule has 1 aliphatic rings. The van der Waals surface area contributed by atoms with Gasteiger partial charge < -0.3 is 25.8 Å². The Bertz CT molecular complexity index is 1340. The van der Waals surface area contributed by atoms with Gasteiger partial charge in [0.05, 0.1) is 17.8 Å². The average molecular weight is 688 g/mol. The predicted molar refractivity (Wildman–Crippen MR) is 207 cm³/mol. The summed E-state index contributed by atoms with van der Waals surface area (Å²) in [5, 5.41) is 3.59. The third-order valence-corrected chi connectivity index (χ3v) is 7.95. The van der Waals surface area contributed by atoms with Crippen molar-refractivity contribution in [1.29, 1.82) is 0 Å². The van der Waals surface area contributed by atoms with Crippen molar-refractivity contribution in [3.63, 3.8) is 0 Å². The quantitative estimate of drug-likeness (QED) is 0.241. The Morgan fingerprint density at radius 3 is 2.29 bits per heavy atom. The van der Waals surface area contributed by atoms with Gasteiger partial charge in [-0.1, -0.05) is 97.6 Å². The Kier molecular flexibility index (Phi) is 21.9. The molecule has 0 unspecified atom stereocenters. The van der Waals surface area contributed by atoms with Gasteiger partial charge >= 0.3 is 0 Å². The molecule has 48 heavy (non-hydrogen) atoms. The number of nitrogens with two attached hydrogens (primary N) is 1. The van der Waals surface area contributed by atoms with Crippen LogP contribution in [-0.2, 0) is 4.79 Å². The molecule has 8 nitrogen and oxygen atoms in total. The monoisotopic (exact) mass is 687 g/mol. The Hall–Kier alpha value is -3.59. The number of amides is 1. The maximum absolute atomic E-state index is 14.6. The number of aryl methyl sites for hydroxylation is 1. The van der Waals surface area contributed by atoms with Crippen molar-refractivity contribution in [1.82, 2.24) is 20.2 Å². The summed E-state index contributed by atoms with van der Waals surface area (Å²) in [6.45, 7) is 28.2. The van der Waals surface area contributed by atoms with Crippen molar-refractivity contribution >= 4 is 40.4 Å². The topological polar surface area (TPSA) is 90.6 Å². The summed E-state index contributed by atoms with van der Waals surface area (Å²) in [4.78, 5) is 27.8. The summed E-state index contributed by atoms with van der Waals surface area (Å²) in [5.74, 6) is 0.451. The van der Waals surface area contributed by atoms with E-state index in [2.05, 4.69) is 56.5 Å². The van der Waals surface area contributed by atoms with Crippen LogP contribution >= 0.6 is 11.6 Å². The van der Waals surface area contributed by atoms with E-state index < -0.39 is 0 Å². The number of nitrogens with zero attached hydrogens (tertiary/aromatic N) is 5. The van der Waals surface area contributed by atoms with Gasteiger partial charge in [-0.05, 0) is 58.0 Å². The number of benzene rings is 1. The van der Waals surface area contributed by atoms with Crippen molar-refractivity contribution < 1.29 is 9.18 Å². The van der Waals surface area contributed by atoms with Crippen molar-refractivity contribution in [2.75, 3.05) is 48.8 Å². The maximum atomic E-state index is 14.6. The fourth-order valence-electron chi connectivity index (χ4n) is 4.77. The number of unbranched alkanes of at least 4 members (excludes halogenated alkanes) is 1. The van der Waals surface area contributed by atoms with E-state index in [9.17, 15) is 9.18 Å². The van der Waals surface area contributed by atoms with Gasteiger partial charge in [0.15, 0.2) is 0 Å². The van der Waals surface area contributed by atoms with Crippen LogP contribution in [0.1, 0.15) is 106 Å². The molecule has 1 saturated heterocycles. The summed E-state index contributed by atoms with van der Waals surface area (Å²) in [7, 11) is 1.82. The molecule has 0 aliphatic carbocycles. The number of nitrogen functional groups attached to an aromatic ring is 1. The largest absolute Gasteiger partial charge is 0.383 e. The number of carbonyl (C=O) groups excluding carboxylic acids is 1. The van der Waals surface area contributed by atoms with Crippen LogP contribution in [0.3, 0.4) is 0 Å². The molecule has 3 N–H and O–H groups in total. The number of allylic oxidation sites excluding steroid dienone is 3. The summed E-state index contributed by atoms with van der Waals surface area (Å²) >= 11 is 6.08. The van der Waals surface area contributed by atoms with Crippen LogP contribution in [0.4, 0.5) is 21.7 Å². The highest BCUT2D eigenvalue weighted by molar-refractivity contribution is 6.31. The molecule has 270 valence electrons. The first-order chi connectivity index (χ1) is 22.8. The van der Waals surface area contributed by atoms with E-state index in [1.165, 1.54) is 31.7 Å². The zero-order valence-electron chi connectivity index (χ0n) is 31.8. The first kappa shape index (κ1) is 44.4. The normalized spacial score (nSPS) is 14.4. The Morgan fingerprint density at radius 1 is 1.17 bits per heavy atom. The number of hydrogen-bond donors (Lipinski definition) is 2. The van der Waals surface area contributed by atoms with Crippen molar-refractivity contribution in [2.24, 2.45) is 0 Å². The van der Waals surface area contributed by atoms with Crippen molar-refractivity contribution in [3.05, 3.63) is 70.6 Å². The zero-order valence-corrected chi connectivity index (χ0v) is 32.6. The number of aromatic nitrogens is 2. The lowest BCUT2D eigenvalue weighted by molar-refractivity contribution is -0.132. The van der Waals surface area contributed by atoms with Gasteiger partial charge in [0.25, 0.3) is 0 Å². The second-order valence-electron chi connectivity index (χ2n) is 11.6. The predicted octanol–water partition coefficient (Wildman–Crippen LogP) is 9.40. The summed E-state index contributed by atoms with van der Waals surface area (Å²) in [5.41, 5.74) is 10.9. The van der Waals surface area contributed by atoms with Crippen LogP contribution < -0.4 is 20.9 Å². The fraction of sp³-hybridized carbons (Fsp3) is 0.553. The SMILES string of the molecule is C=C(N/C=C\C)/C(=C(/C)CC)c1c(N)ncnc1N(C)CC(=O)N1CCN(c2cc(C)c(Cl)cc2F)C[C@@H]1C.CC.CCC.CCCC. The van der Waals surface area contributed by atoms with Crippen LogP contribution in [0.15, 0.2) is 48.6 Å². The molecule has 0 bridgehead atoms. The smallest absolute Gasteiger partial charge is 0.242 e. The molecule has 1 aromatic heterocycles. The molecule has 2 aromatic rings. The molecule has 1 aromatic carbocycles. The van der Waals surface area contributed by atoms with E-state index in [-0.39, 0.29) is 24.3 Å². The van der Waals surface area contributed by atoms with E-state index in [0.717, 1.165) is 23.1 Å². The maximum Gasteiger partial charge on any atom is 0.242 e. The number of halogens is 2. The lowest BCUT2D eigenvalue weighted by Gasteiger charge is -2.41. The molecule has 0 saturated carbocycles. The number of anilines is 3. The van der Waals surface area contributed by atoms with Gasteiger partial charge in [-0.2, -0.15) is 0 Å². The molecule has 1 amide bonds.